The minimum atomic E-state index is 0.570. The number of para-hydroxylation sites is 2. The highest BCUT2D eigenvalue weighted by atomic mass is 16.3. The van der Waals surface area contributed by atoms with Crippen LogP contribution in [0.4, 0.5) is 0 Å². The van der Waals surface area contributed by atoms with Crippen molar-refractivity contribution in [3.8, 4) is 56.4 Å². The minimum absolute atomic E-state index is 0.570. The van der Waals surface area contributed by atoms with Crippen molar-refractivity contribution in [2.24, 2.45) is 0 Å². The first-order chi connectivity index (χ1) is 24.7. The van der Waals surface area contributed by atoms with Gasteiger partial charge in [-0.15, -0.1) is 0 Å². The number of hydrogen-bond acceptors (Lipinski definition) is 5. The molecular weight excluding hydrogens is 615 g/mol. The van der Waals surface area contributed by atoms with Gasteiger partial charge in [-0.1, -0.05) is 109 Å². The zero-order valence-electron chi connectivity index (χ0n) is 26.7. The molecule has 0 unspecified atom stereocenters. The molecule has 0 amide bonds. The third-order valence-electron chi connectivity index (χ3n) is 9.33. The Hall–Kier alpha value is -6.85. The van der Waals surface area contributed by atoms with Crippen molar-refractivity contribution in [1.82, 2.24) is 15.0 Å². The molecule has 5 heteroatoms. The zero-order chi connectivity index (χ0) is 33.0. The second-order valence-corrected chi connectivity index (χ2v) is 12.5. The molecule has 0 fully saturated rings. The number of benzene rings is 7. The van der Waals surface area contributed by atoms with E-state index in [4.69, 9.17) is 23.8 Å². The summed E-state index contributed by atoms with van der Waals surface area (Å²) in [7, 11) is 0. The van der Waals surface area contributed by atoms with Crippen molar-refractivity contribution in [2.45, 2.75) is 0 Å². The first-order valence-electron chi connectivity index (χ1n) is 16.6. The smallest absolute Gasteiger partial charge is 0.164 e. The standard InChI is InChI=1S/C45H27N3O2/c1-2-10-28(11-3-1)29-12-8-13-30(24-29)31-14-9-15-32(25-31)43-46-44(33-21-23-41-38(26-33)36-17-5-7-19-40(36)49-41)48-45(47-43)34-20-22-37-35-16-4-6-18-39(35)50-42(37)27-34/h1-27H. The normalized spacial score (nSPS) is 11.6. The molecule has 50 heavy (non-hydrogen) atoms. The third kappa shape index (κ3) is 4.83. The van der Waals surface area contributed by atoms with Crippen molar-refractivity contribution in [2.75, 3.05) is 0 Å². The molecule has 0 saturated heterocycles. The summed E-state index contributed by atoms with van der Waals surface area (Å²) in [5, 5.41) is 4.21. The number of hydrogen-bond donors (Lipinski definition) is 0. The second kappa shape index (κ2) is 11.4. The van der Waals surface area contributed by atoms with Gasteiger partial charge in [0, 0.05) is 38.2 Å². The molecule has 0 radical (unpaired) electrons. The van der Waals surface area contributed by atoms with Crippen molar-refractivity contribution in [3.05, 3.63) is 164 Å². The summed E-state index contributed by atoms with van der Waals surface area (Å²) in [5.41, 5.74) is 10.5. The van der Waals surface area contributed by atoms with Crippen LogP contribution in [0, 0.1) is 0 Å². The summed E-state index contributed by atoms with van der Waals surface area (Å²) in [6.45, 7) is 0. The summed E-state index contributed by atoms with van der Waals surface area (Å²) < 4.78 is 12.4. The van der Waals surface area contributed by atoms with Gasteiger partial charge in [-0.05, 0) is 76.9 Å². The van der Waals surface area contributed by atoms with E-state index in [1.165, 1.54) is 11.1 Å². The fourth-order valence-corrected chi connectivity index (χ4v) is 6.84. The van der Waals surface area contributed by atoms with Crippen LogP contribution in [0.25, 0.3) is 100 Å². The van der Waals surface area contributed by atoms with E-state index in [1.54, 1.807) is 0 Å². The molecule has 0 spiro atoms. The Kier molecular flexibility index (Phi) is 6.42. The Morgan fingerprint density at radius 3 is 1.40 bits per heavy atom. The van der Waals surface area contributed by atoms with E-state index in [9.17, 15) is 0 Å². The molecule has 234 valence electrons. The number of fused-ring (bicyclic) bond motifs is 6. The SMILES string of the molecule is c1ccc(-c2cccc(-c3cccc(-c4nc(-c5ccc6c(c5)oc5ccccc56)nc(-c5ccc6oc7ccccc7c6c5)n4)c3)c2)cc1. The van der Waals surface area contributed by atoms with Crippen molar-refractivity contribution in [3.63, 3.8) is 0 Å². The molecular formula is C45H27N3O2. The van der Waals surface area contributed by atoms with Crippen LogP contribution in [-0.2, 0) is 0 Å². The van der Waals surface area contributed by atoms with E-state index in [-0.39, 0.29) is 0 Å². The lowest BCUT2D eigenvalue weighted by atomic mass is 9.98. The summed E-state index contributed by atoms with van der Waals surface area (Å²) in [6.07, 6.45) is 0. The van der Waals surface area contributed by atoms with E-state index >= 15 is 0 Å². The predicted octanol–water partition coefficient (Wildman–Crippen LogP) is 12.0. The Balaban J connectivity index is 1.13. The average Bonchev–Trinajstić information content (AvgIpc) is 3.76. The average molecular weight is 642 g/mol. The molecule has 0 N–H and O–H groups in total. The quantitative estimate of drug-likeness (QED) is 0.187. The van der Waals surface area contributed by atoms with Gasteiger partial charge in [0.05, 0.1) is 0 Å². The molecule has 0 atom stereocenters. The highest BCUT2D eigenvalue weighted by Gasteiger charge is 2.17. The van der Waals surface area contributed by atoms with E-state index in [1.807, 2.05) is 60.7 Å². The van der Waals surface area contributed by atoms with E-state index in [2.05, 4.69) is 103 Å². The molecule has 0 aliphatic heterocycles. The van der Waals surface area contributed by atoms with Gasteiger partial charge in [-0.2, -0.15) is 0 Å². The zero-order valence-corrected chi connectivity index (χ0v) is 26.7. The van der Waals surface area contributed by atoms with Gasteiger partial charge in [0.25, 0.3) is 0 Å². The Bertz CT molecular complexity index is 2890. The second-order valence-electron chi connectivity index (χ2n) is 12.5. The molecule has 3 aromatic heterocycles. The first-order valence-corrected chi connectivity index (χ1v) is 16.6. The van der Waals surface area contributed by atoms with Crippen LogP contribution in [0.15, 0.2) is 173 Å². The van der Waals surface area contributed by atoms with Gasteiger partial charge in [-0.25, -0.2) is 15.0 Å². The Morgan fingerprint density at radius 1 is 0.260 bits per heavy atom. The molecule has 0 aliphatic carbocycles. The van der Waals surface area contributed by atoms with Crippen molar-refractivity contribution >= 4 is 43.9 Å². The van der Waals surface area contributed by atoms with Gasteiger partial charge in [-0.3, -0.25) is 0 Å². The fraction of sp³-hybridized carbons (Fsp3) is 0. The minimum Gasteiger partial charge on any atom is -0.456 e. The van der Waals surface area contributed by atoms with Crippen molar-refractivity contribution in [1.29, 1.82) is 0 Å². The lowest BCUT2D eigenvalue weighted by molar-refractivity contribution is 0.668. The number of nitrogens with zero attached hydrogens (tertiary/aromatic N) is 3. The molecule has 7 aromatic carbocycles. The monoisotopic (exact) mass is 641 g/mol. The first kappa shape index (κ1) is 28.2. The van der Waals surface area contributed by atoms with E-state index in [0.29, 0.717) is 17.5 Å². The summed E-state index contributed by atoms with van der Waals surface area (Å²) in [4.78, 5) is 15.2. The maximum Gasteiger partial charge on any atom is 0.164 e. The molecule has 5 nitrogen and oxygen atoms in total. The lowest BCUT2D eigenvalue weighted by Gasteiger charge is -2.10. The van der Waals surface area contributed by atoms with Crippen LogP contribution in [0.5, 0.6) is 0 Å². The molecule has 10 aromatic rings. The summed E-state index contributed by atoms with van der Waals surface area (Å²) in [6, 6.07) is 55.9. The summed E-state index contributed by atoms with van der Waals surface area (Å²) >= 11 is 0. The molecule has 10 rings (SSSR count). The van der Waals surface area contributed by atoms with Gasteiger partial charge in [0.1, 0.15) is 22.3 Å². The molecule has 0 bridgehead atoms. The van der Waals surface area contributed by atoms with E-state index < -0.39 is 0 Å². The number of rotatable bonds is 5. The Morgan fingerprint density at radius 2 is 0.700 bits per heavy atom. The highest BCUT2D eigenvalue weighted by molar-refractivity contribution is 6.07. The largest absolute Gasteiger partial charge is 0.456 e. The third-order valence-corrected chi connectivity index (χ3v) is 9.33. The predicted molar refractivity (Wildman–Crippen MR) is 202 cm³/mol. The van der Waals surface area contributed by atoms with Gasteiger partial charge in [0.15, 0.2) is 17.5 Å². The topological polar surface area (TPSA) is 65.0 Å². The highest BCUT2D eigenvalue weighted by Crippen LogP contribution is 2.35. The van der Waals surface area contributed by atoms with Crippen molar-refractivity contribution < 1.29 is 8.83 Å². The van der Waals surface area contributed by atoms with E-state index in [0.717, 1.165) is 71.7 Å². The van der Waals surface area contributed by atoms with Crippen LogP contribution in [0.2, 0.25) is 0 Å². The Labute approximate surface area is 287 Å². The maximum atomic E-state index is 6.25. The van der Waals surface area contributed by atoms with Gasteiger partial charge < -0.3 is 8.83 Å². The lowest BCUT2D eigenvalue weighted by Crippen LogP contribution is -2.00. The molecule has 0 saturated carbocycles. The number of aromatic nitrogens is 3. The van der Waals surface area contributed by atoms with Crippen LogP contribution in [0.3, 0.4) is 0 Å². The fourth-order valence-electron chi connectivity index (χ4n) is 6.84. The van der Waals surface area contributed by atoms with Crippen LogP contribution in [0.1, 0.15) is 0 Å². The van der Waals surface area contributed by atoms with Crippen LogP contribution in [-0.4, -0.2) is 15.0 Å². The number of furan rings is 2. The molecule has 0 aliphatic rings. The van der Waals surface area contributed by atoms with Gasteiger partial charge >= 0.3 is 0 Å². The van der Waals surface area contributed by atoms with Crippen LogP contribution < -0.4 is 0 Å². The van der Waals surface area contributed by atoms with Gasteiger partial charge in [0.2, 0.25) is 0 Å². The maximum absolute atomic E-state index is 6.25. The van der Waals surface area contributed by atoms with Crippen LogP contribution >= 0.6 is 0 Å². The summed E-state index contributed by atoms with van der Waals surface area (Å²) in [5.74, 6) is 1.74. The molecule has 3 heterocycles.